The van der Waals surface area contributed by atoms with Gasteiger partial charge in [-0.25, -0.2) is 4.79 Å². The Morgan fingerprint density at radius 3 is 2.81 bits per heavy atom. The largest absolute Gasteiger partial charge is 0.445 e. The highest BCUT2D eigenvalue weighted by Gasteiger charge is 2.22. The van der Waals surface area contributed by atoms with Crippen LogP contribution in [0.3, 0.4) is 0 Å². The van der Waals surface area contributed by atoms with Gasteiger partial charge < -0.3 is 15.4 Å². The van der Waals surface area contributed by atoms with E-state index < -0.39 is 12.1 Å². The molecule has 0 aliphatic rings. The lowest BCUT2D eigenvalue weighted by Gasteiger charge is -2.19. The third-order valence-electron chi connectivity index (χ3n) is 2.61. The van der Waals surface area contributed by atoms with Crippen LogP contribution in [0.5, 0.6) is 0 Å². The van der Waals surface area contributed by atoms with Crippen LogP contribution in [0.25, 0.3) is 0 Å². The summed E-state index contributed by atoms with van der Waals surface area (Å²) in [6, 6.07) is 2.99. The average molecular weight is 309 g/mol. The van der Waals surface area contributed by atoms with Gasteiger partial charge in [0.1, 0.15) is 19.2 Å². The van der Waals surface area contributed by atoms with Crippen LogP contribution >= 0.6 is 11.3 Å². The minimum absolute atomic E-state index is 0.0843. The van der Waals surface area contributed by atoms with Crippen molar-refractivity contribution in [3.05, 3.63) is 22.4 Å². The first-order chi connectivity index (χ1) is 10.0. The van der Waals surface area contributed by atoms with Gasteiger partial charge in [0.25, 0.3) is 0 Å². The molecule has 0 aliphatic heterocycles. The van der Waals surface area contributed by atoms with Gasteiger partial charge in [-0.3, -0.25) is 4.79 Å². The minimum atomic E-state index is -0.701. The third kappa shape index (κ3) is 6.77. The summed E-state index contributed by atoms with van der Waals surface area (Å²) in [5.74, 6) is -0.155. The highest BCUT2D eigenvalue weighted by Crippen LogP contribution is 2.08. The molecule has 21 heavy (non-hydrogen) atoms. The first kappa shape index (κ1) is 17.0. The lowest BCUT2D eigenvalue weighted by atomic mass is 10.0. The number of nitrogens with one attached hydrogen (secondary N) is 2. The standard InChI is InChI=1S/C14H19N3O3S/c1-10(2)7-12(13(18)16-5-4-15)17-14(19)20-8-11-3-6-21-9-11/h3,6,9-10,12H,5,7-8H2,1-2H3,(H,16,18)(H,17,19). The van der Waals surface area contributed by atoms with Crippen molar-refractivity contribution in [2.24, 2.45) is 5.92 Å². The number of hydrogen-bond acceptors (Lipinski definition) is 5. The summed E-state index contributed by atoms with van der Waals surface area (Å²) >= 11 is 1.52. The molecule has 0 spiro atoms. The predicted molar refractivity (Wildman–Crippen MR) is 79.5 cm³/mol. The van der Waals surface area contributed by atoms with Gasteiger partial charge >= 0.3 is 6.09 Å². The van der Waals surface area contributed by atoms with Crippen molar-refractivity contribution < 1.29 is 14.3 Å². The Labute approximate surface area is 128 Å². The van der Waals surface area contributed by atoms with Crippen molar-refractivity contribution in [3.8, 4) is 6.07 Å². The summed E-state index contributed by atoms with van der Waals surface area (Å²) in [7, 11) is 0. The van der Waals surface area contributed by atoms with Crippen LogP contribution in [0, 0.1) is 17.2 Å². The van der Waals surface area contributed by atoms with Gasteiger partial charge in [0.05, 0.1) is 6.07 Å². The summed E-state index contributed by atoms with van der Waals surface area (Å²) < 4.78 is 5.06. The molecule has 0 radical (unpaired) electrons. The van der Waals surface area contributed by atoms with Gasteiger partial charge in [0.15, 0.2) is 0 Å². The molecular weight excluding hydrogens is 290 g/mol. The fourth-order valence-corrected chi connectivity index (χ4v) is 2.31. The van der Waals surface area contributed by atoms with Gasteiger partial charge in [-0.1, -0.05) is 13.8 Å². The van der Waals surface area contributed by atoms with Crippen molar-refractivity contribution in [3.63, 3.8) is 0 Å². The van der Waals surface area contributed by atoms with E-state index in [4.69, 9.17) is 10.00 Å². The van der Waals surface area contributed by atoms with Crippen LogP contribution in [0.1, 0.15) is 25.8 Å². The van der Waals surface area contributed by atoms with Crippen LogP contribution in [0.4, 0.5) is 4.79 Å². The average Bonchev–Trinajstić information content (AvgIpc) is 2.94. The Hall–Kier alpha value is -2.07. The molecule has 7 heteroatoms. The number of hydrogen-bond donors (Lipinski definition) is 2. The van der Waals surface area contributed by atoms with Gasteiger partial charge in [0.2, 0.25) is 5.91 Å². The maximum absolute atomic E-state index is 11.9. The highest BCUT2D eigenvalue weighted by molar-refractivity contribution is 7.07. The molecule has 114 valence electrons. The molecule has 0 fully saturated rings. The Kier molecular flexibility index (Phi) is 7.26. The summed E-state index contributed by atoms with van der Waals surface area (Å²) in [6.07, 6.45) is -0.163. The molecule has 1 unspecified atom stereocenters. The highest BCUT2D eigenvalue weighted by atomic mass is 32.1. The second-order valence-corrected chi connectivity index (χ2v) is 5.69. The number of thiophene rings is 1. The molecule has 1 aromatic rings. The monoisotopic (exact) mass is 309 g/mol. The zero-order valence-corrected chi connectivity index (χ0v) is 12.9. The fourth-order valence-electron chi connectivity index (χ4n) is 1.66. The second-order valence-electron chi connectivity index (χ2n) is 4.91. The molecule has 1 aromatic heterocycles. The maximum Gasteiger partial charge on any atom is 0.408 e. The number of alkyl carbamates (subject to hydrolysis) is 1. The van der Waals surface area contributed by atoms with E-state index in [1.807, 2.05) is 36.7 Å². The van der Waals surface area contributed by atoms with E-state index in [1.54, 1.807) is 0 Å². The van der Waals surface area contributed by atoms with Gasteiger partial charge in [-0.2, -0.15) is 16.6 Å². The van der Waals surface area contributed by atoms with Gasteiger partial charge in [-0.05, 0) is 29.2 Å². The lowest BCUT2D eigenvalue weighted by molar-refractivity contribution is -0.123. The molecule has 0 bridgehead atoms. The van der Waals surface area contributed by atoms with E-state index in [0.29, 0.717) is 6.42 Å². The van der Waals surface area contributed by atoms with Crippen LogP contribution < -0.4 is 10.6 Å². The molecule has 2 N–H and O–H groups in total. The van der Waals surface area contributed by atoms with Crippen molar-refractivity contribution in [2.75, 3.05) is 6.54 Å². The maximum atomic E-state index is 11.9. The van der Waals surface area contributed by atoms with Crippen molar-refractivity contribution in [1.82, 2.24) is 10.6 Å². The summed E-state index contributed by atoms with van der Waals surface area (Å²) in [6.45, 7) is 3.98. The number of nitrogens with zero attached hydrogens (tertiary/aromatic N) is 1. The van der Waals surface area contributed by atoms with Crippen molar-refractivity contribution in [1.29, 1.82) is 5.26 Å². The van der Waals surface area contributed by atoms with Gasteiger partial charge in [-0.15, -0.1) is 0 Å². The fraction of sp³-hybridized carbons (Fsp3) is 0.500. The minimum Gasteiger partial charge on any atom is -0.445 e. The Morgan fingerprint density at radius 2 is 2.24 bits per heavy atom. The topological polar surface area (TPSA) is 91.2 Å². The molecule has 1 rings (SSSR count). The second kappa shape index (κ2) is 8.97. The summed E-state index contributed by atoms with van der Waals surface area (Å²) in [5, 5.41) is 17.2. The summed E-state index contributed by atoms with van der Waals surface area (Å²) in [5.41, 5.74) is 0.907. The third-order valence-corrected chi connectivity index (χ3v) is 3.34. The molecule has 0 saturated carbocycles. The SMILES string of the molecule is CC(C)CC(NC(=O)OCc1ccsc1)C(=O)NCC#N. The summed E-state index contributed by atoms with van der Waals surface area (Å²) in [4.78, 5) is 23.6. The van der Waals surface area contributed by atoms with Crippen molar-refractivity contribution in [2.45, 2.75) is 32.9 Å². The number of amides is 2. The van der Waals surface area contributed by atoms with Crippen LogP contribution in [-0.4, -0.2) is 24.6 Å². The van der Waals surface area contributed by atoms with E-state index >= 15 is 0 Å². The molecular formula is C14H19N3O3S. The predicted octanol–water partition coefficient (Wildman–Crippen LogP) is 2.03. The number of rotatable bonds is 7. The first-order valence-electron chi connectivity index (χ1n) is 6.62. The zero-order valence-electron chi connectivity index (χ0n) is 12.1. The first-order valence-corrected chi connectivity index (χ1v) is 7.56. The number of carbonyl (C=O) groups excluding carboxylic acids is 2. The Balaban J connectivity index is 2.48. The van der Waals surface area contributed by atoms with E-state index in [0.717, 1.165) is 5.56 Å². The van der Waals surface area contributed by atoms with E-state index in [-0.39, 0.29) is 25.0 Å². The lowest BCUT2D eigenvalue weighted by Crippen LogP contribution is -2.47. The van der Waals surface area contributed by atoms with Crippen LogP contribution in [0.15, 0.2) is 16.8 Å². The molecule has 2 amide bonds. The molecule has 6 nitrogen and oxygen atoms in total. The molecule has 0 aliphatic carbocycles. The van der Waals surface area contributed by atoms with E-state index in [2.05, 4.69) is 10.6 Å². The quantitative estimate of drug-likeness (QED) is 0.754. The number of nitriles is 1. The number of carbonyl (C=O) groups is 2. The Bertz CT molecular complexity index is 494. The number of ether oxygens (including phenoxy) is 1. The smallest absolute Gasteiger partial charge is 0.408 e. The van der Waals surface area contributed by atoms with E-state index in [9.17, 15) is 9.59 Å². The molecule has 1 heterocycles. The molecule has 0 aromatic carbocycles. The molecule has 0 saturated heterocycles. The van der Waals surface area contributed by atoms with Crippen LogP contribution in [0.2, 0.25) is 0 Å². The molecule has 1 atom stereocenters. The Morgan fingerprint density at radius 1 is 1.48 bits per heavy atom. The normalized spacial score (nSPS) is 11.5. The van der Waals surface area contributed by atoms with Crippen LogP contribution in [-0.2, 0) is 16.1 Å². The van der Waals surface area contributed by atoms with Gasteiger partial charge in [0, 0.05) is 5.56 Å². The van der Waals surface area contributed by atoms with Crippen molar-refractivity contribution >= 4 is 23.3 Å². The zero-order chi connectivity index (χ0) is 15.7. The van der Waals surface area contributed by atoms with E-state index in [1.165, 1.54) is 11.3 Å².